The molecule has 0 radical (unpaired) electrons. The molecule has 0 saturated carbocycles. The Morgan fingerprint density at radius 3 is 1.78 bits per heavy atom. The Hall–Kier alpha value is -3.78. The topological polar surface area (TPSA) is 153 Å². The number of carbonyl (C=O) groups is 5. The molecule has 0 aromatic heterocycles. The van der Waals surface area contributed by atoms with Crippen LogP contribution in [-0.2, 0) is 38.2 Å². The molecule has 10 heteroatoms. The number of unbranched alkanes of at least 4 members (excludes halogenated alkanes) is 2. The number of ether oxygens (including phenoxy) is 3. The summed E-state index contributed by atoms with van der Waals surface area (Å²) in [5.74, 6) is -3.86. The summed E-state index contributed by atoms with van der Waals surface area (Å²) >= 11 is 0. The monoisotopic (exact) mass is 637 g/mol. The summed E-state index contributed by atoms with van der Waals surface area (Å²) in [6, 6.07) is 0. The molecule has 1 unspecified atom stereocenters. The molecule has 0 aromatic rings. The fraction of sp³-hybridized carbons (Fsp3) is 0.629. The average molecular weight is 638 g/mol. The van der Waals surface area contributed by atoms with Crippen molar-refractivity contribution >= 4 is 29.8 Å². The van der Waals surface area contributed by atoms with Crippen LogP contribution in [0.4, 0.5) is 0 Å². The molecule has 0 aliphatic heterocycles. The Labute approximate surface area is 270 Å². The molecule has 0 aliphatic rings. The number of carboxylic acids is 2. The van der Waals surface area contributed by atoms with Gasteiger partial charge in [0.1, 0.15) is 6.61 Å². The number of esters is 3. The minimum Gasteiger partial charge on any atom is -0.481 e. The van der Waals surface area contributed by atoms with E-state index >= 15 is 0 Å². The van der Waals surface area contributed by atoms with Crippen LogP contribution in [0.15, 0.2) is 43.5 Å². The summed E-state index contributed by atoms with van der Waals surface area (Å²) in [5.41, 5.74) is 0.949. The number of rotatable bonds is 20. The third kappa shape index (κ3) is 34.6. The summed E-state index contributed by atoms with van der Waals surface area (Å²) in [7, 11) is 0. The second-order valence-electron chi connectivity index (χ2n) is 13.0. The van der Waals surface area contributed by atoms with Gasteiger partial charge >= 0.3 is 29.8 Å². The third-order valence-electron chi connectivity index (χ3n) is 5.77. The first-order valence-electron chi connectivity index (χ1n) is 15.1. The first kappa shape index (κ1) is 45.6. The molecule has 0 aromatic carbocycles. The van der Waals surface area contributed by atoms with E-state index in [9.17, 15) is 29.1 Å². The second kappa shape index (κ2) is 25.5. The zero-order valence-electron chi connectivity index (χ0n) is 28.5. The Morgan fingerprint density at radius 2 is 1.33 bits per heavy atom. The summed E-state index contributed by atoms with van der Waals surface area (Å²) in [6.45, 7) is 30.7. The molecule has 0 amide bonds. The lowest BCUT2D eigenvalue weighted by Crippen LogP contribution is -2.24. The van der Waals surface area contributed by atoms with Gasteiger partial charge < -0.3 is 24.4 Å². The molecule has 0 bridgehead atoms. The first-order chi connectivity index (χ1) is 20.7. The summed E-state index contributed by atoms with van der Waals surface area (Å²) < 4.78 is 14.4. The quantitative estimate of drug-likeness (QED) is 0.0351. The van der Waals surface area contributed by atoms with E-state index in [0.717, 1.165) is 42.9 Å². The van der Waals surface area contributed by atoms with E-state index in [4.69, 9.17) is 21.2 Å². The number of hydrogen-bond acceptors (Lipinski definition) is 8. The van der Waals surface area contributed by atoms with Crippen LogP contribution < -0.4 is 0 Å². The van der Waals surface area contributed by atoms with Crippen molar-refractivity contribution in [1.82, 2.24) is 0 Å². The van der Waals surface area contributed by atoms with Gasteiger partial charge in [-0.15, -0.1) is 4.79 Å². The number of carboxylic acid groups (broad SMARTS) is 2. The Balaban J connectivity index is -0.000000806. The van der Waals surface area contributed by atoms with Crippen LogP contribution in [0.3, 0.4) is 0 Å². The van der Waals surface area contributed by atoms with Gasteiger partial charge in [-0.3, -0.25) is 9.59 Å². The molecule has 10 nitrogen and oxygen atoms in total. The molecule has 2 N–H and O–H groups in total. The van der Waals surface area contributed by atoms with Gasteiger partial charge in [0.25, 0.3) is 0 Å². The maximum atomic E-state index is 11.8. The number of hydrogen-bond donors (Lipinski definition) is 2. The van der Waals surface area contributed by atoms with Gasteiger partial charge in [-0.25, -0.2) is 9.59 Å². The highest BCUT2D eigenvalue weighted by molar-refractivity contribution is 5.81. The van der Waals surface area contributed by atoms with E-state index in [1.807, 2.05) is 0 Å². The predicted molar refractivity (Wildman–Crippen MR) is 175 cm³/mol. The Morgan fingerprint density at radius 1 is 0.800 bits per heavy atom. The van der Waals surface area contributed by atoms with E-state index < -0.39 is 29.8 Å². The van der Waals surface area contributed by atoms with E-state index in [0.29, 0.717) is 13.0 Å². The lowest BCUT2D eigenvalue weighted by Gasteiger charge is -2.33. The molecule has 0 heterocycles. The Kier molecular flexibility index (Phi) is 25.9. The highest BCUT2D eigenvalue weighted by Gasteiger charge is 2.29. The summed E-state index contributed by atoms with van der Waals surface area (Å²) in [4.78, 5) is 54.0. The molecule has 1 atom stereocenters. The van der Waals surface area contributed by atoms with Crippen LogP contribution in [0.25, 0.3) is 0 Å². The van der Waals surface area contributed by atoms with Crippen LogP contribution in [0.5, 0.6) is 0 Å². The van der Waals surface area contributed by atoms with Crippen molar-refractivity contribution in [2.75, 3.05) is 19.8 Å². The highest BCUT2D eigenvalue weighted by Crippen LogP contribution is 2.38. The summed E-state index contributed by atoms with van der Waals surface area (Å²) in [5, 5.41) is 17.0. The van der Waals surface area contributed by atoms with Crippen LogP contribution >= 0.6 is 0 Å². The molecule has 0 fully saturated rings. The molecule has 0 spiro atoms. The normalized spacial score (nSPS) is 11.3. The fourth-order valence-electron chi connectivity index (χ4n) is 4.51. The maximum Gasteiger partial charge on any atom is 0.484 e. The maximum absolute atomic E-state index is 11.8. The van der Waals surface area contributed by atoms with Gasteiger partial charge in [0.2, 0.25) is 6.08 Å². The average Bonchev–Trinajstić information content (AvgIpc) is 2.90. The van der Waals surface area contributed by atoms with Gasteiger partial charge in [0.05, 0.1) is 25.5 Å². The molecule has 0 rings (SSSR count). The molecule has 45 heavy (non-hydrogen) atoms. The van der Waals surface area contributed by atoms with Crippen molar-refractivity contribution in [2.24, 2.45) is 22.7 Å². The van der Waals surface area contributed by atoms with E-state index in [1.54, 1.807) is 0 Å². The van der Waals surface area contributed by atoms with E-state index in [1.165, 1.54) is 18.9 Å². The fourth-order valence-corrected chi connectivity index (χ4v) is 4.51. The van der Waals surface area contributed by atoms with Crippen molar-refractivity contribution in [3.05, 3.63) is 50.1 Å². The number of allylic oxidation sites excluding steroid dienone is 1. The largest absolute Gasteiger partial charge is 0.484 e. The van der Waals surface area contributed by atoms with Crippen LogP contribution in [0.2, 0.25) is 0 Å². The van der Waals surface area contributed by atoms with Crippen LogP contribution in [0.1, 0.15) is 99.8 Å². The van der Waals surface area contributed by atoms with Crippen molar-refractivity contribution in [1.29, 1.82) is 0 Å². The lowest BCUT2D eigenvalue weighted by atomic mass is 9.72. The molecule has 0 aliphatic carbocycles. The van der Waals surface area contributed by atoms with Gasteiger partial charge in [0, 0.05) is 12.2 Å². The van der Waals surface area contributed by atoms with Crippen molar-refractivity contribution in [3.63, 3.8) is 0 Å². The second-order valence-corrected chi connectivity index (χ2v) is 13.0. The standard InChI is InChI=1S/C21H32O6.C11H20O2.C3H4O2/c1-8-17(22)26-9-10-27-18(23)12-16(19(24)25)11-15(2)13-21(6,7)14-20(3,4)5;1-4-11(12)13-9-7-5-6-8-10(2)3;1-2-3(4)5/h1,8,16H,2,9-14H2,3-7H3;4,10H,1,5-9H2,2-3H3;2H,1H2,(H,4,5)/p+1. The van der Waals surface area contributed by atoms with Gasteiger partial charge in [-0.1, -0.05) is 93.0 Å². The zero-order valence-corrected chi connectivity index (χ0v) is 28.5. The Bertz CT molecular complexity index is 954. The molecule has 256 valence electrons. The van der Waals surface area contributed by atoms with Gasteiger partial charge in [-0.05, 0) is 42.4 Å². The first-order valence-corrected chi connectivity index (χ1v) is 15.1. The number of carbonyl (C=O) groups excluding carboxylic acids is 3. The van der Waals surface area contributed by atoms with Crippen molar-refractivity contribution in [2.45, 2.75) is 99.8 Å². The zero-order chi connectivity index (χ0) is 35.6. The molecule has 0 saturated heterocycles. The van der Waals surface area contributed by atoms with Crippen molar-refractivity contribution in [3.8, 4) is 0 Å². The molecular formula is C35H57O10+. The van der Waals surface area contributed by atoms with E-state index in [-0.39, 0.29) is 42.9 Å². The SMILES string of the molecule is C=CC(=O)O.C=CC(=O)OCCCCCC(C)C.[CH+]=CC(=O)OCCOC(=O)CC(CC(=C)CC(C)(C)CC(C)(C)C)C(=O)O. The van der Waals surface area contributed by atoms with Gasteiger partial charge in [0.15, 0.2) is 6.61 Å². The van der Waals surface area contributed by atoms with E-state index in [2.05, 4.69) is 72.9 Å². The third-order valence-corrected chi connectivity index (χ3v) is 5.77. The van der Waals surface area contributed by atoms with Gasteiger partial charge in [-0.2, -0.15) is 0 Å². The predicted octanol–water partition coefficient (Wildman–Crippen LogP) is 7.14. The summed E-state index contributed by atoms with van der Waals surface area (Å²) in [6.07, 6.45) is 9.00. The smallest absolute Gasteiger partial charge is 0.481 e. The van der Waals surface area contributed by atoms with Crippen LogP contribution in [0, 0.1) is 29.2 Å². The molecular weight excluding hydrogens is 580 g/mol. The lowest BCUT2D eigenvalue weighted by molar-refractivity contribution is -0.154. The highest BCUT2D eigenvalue weighted by atomic mass is 16.6. The minimum atomic E-state index is -1.06. The van der Waals surface area contributed by atoms with Crippen LogP contribution in [-0.4, -0.2) is 59.9 Å². The minimum absolute atomic E-state index is 0.0111. The number of aliphatic carboxylic acids is 2. The van der Waals surface area contributed by atoms with Crippen molar-refractivity contribution < 1.29 is 48.4 Å².